The largest absolute Gasteiger partial charge is 2.00 e. The Bertz CT molecular complexity index is 350. The van der Waals surface area contributed by atoms with Gasteiger partial charge >= 0.3 is 21.1 Å². The Morgan fingerprint density at radius 2 is 0.950 bits per heavy atom. The average molecular weight is 469 g/mol. The van der Waals surface area contributed by atoms with Crippen molar-refractivity contribution in [3.63, 3.8) is 0 Å². The molecule has 1 aromatic rings. The third kappa shape index (κ3) is 22.6. The fraction of sp³-hybridized carbons (Fsp3) is 0.333. The van der Waals surface area contributed by atoms with Crippen molar-refractivity contribution in [3.05, 3.63) is 47.2 Å². The molecule has 20 heavy (non-hydrogen) atoms. The van der Waals surface area contributed by atoms with E-state index in [1.54, 1.807) is 0 Å². The zero-order valence-corrected chi connectivity index (χ0v) is 17.2. The van der Waals surface area contributed by atoms with Crippen LogP contribution in [0.5, 0.6) is 0 Å². The molecule has 1 atom stereocenters. The van der Waals surface area contributed by atoms with Crippen molar-refractivity contribution < 1.29 is 21.1 Å². The zero-order valence-electron chi connectivity index (χ0n) is 13.5. The van der Waals surface area contributed by atoms with Gasteiger partial charge in [-0.15, -0.1) is 12.8 Å². The molecule has 0 fully saturated rings. The summed E-state index contributed by atoms with van der Waals surface area (Å²) in [5, 5.41) is 0. The van der Waals surface area contributed by atoms with Gasteiger partial charge in [-0.2, -0.15) is 51.4 Å². The normalized spacial score (nSPS) is 7.50. The predicted octanol–water partition coefficient (Wildman–Crippen LogP) is 4.95. The molecule has 0 bridgehead atoms. The van der Waals surface area contributed by atoms with Gasteiger partial charge in [0.1, 0.15) is 0 Å². The maximum Gasteiger partial charge on any atom is 2.00 e. The van der Waals surface area contributed by atoms with Gasteiger partial charge in [0.2, 0.25) is 0 Å². The number of terminal acetylenes is 2. The maximum absolute atomic E-state index is 5.18. The second-order valence-electron chi connectivity index (χ2n) is 4.83. The maximum atomic E-state index is 5.18. The molecule has 0 spiro atoms. The van der Waals surface area contributed by atoms with Gasteiger partial charge in [-0.3, -0.25) is 0 Å². The predicted molar refractivity (Wildman–Crippen MR) is 93.9 cm³/mol. The van der Waals surface area contributed by atoms with Gasteiger partial charge in [0.05, 0.1) is 0 Å². The molecule has 1 aromatic carbocycles. The number of hydrogen-bond acceptors (Lipinski definition) is 0. The molecule has 0 saturated carbocycles. The molecule has 114 valence electrons. The van der Waals surface area contributed by atoms with Crippen molar-refractivity contribution in [1.29, 1.82) is 0 Å². The molecule has 0 amide bonds. The molecule has 0 aliphatic rings. The molecule has 2 heteroatoms. The molecule has 1 unspecified atom stereocenters. The van der Waals surface area contributed by atoms with E-state index in [1.807, 2.05) is 24.3 Å². The van der Waals surface area contributed by atoms with Crippen molar-refractivity contribution >= 4 is 9.90 Å². The molecule has 0 nitrogen and oxygen atoms in total. The molecular weight excluding hydrogens is 442 g/mol. The first kappa shape index (κ1) is 27.7. The molecule has 0 radical (unpaired) electrons. The summed E-state index contributed by atoms with van der Waals surface area (Å²) in [5.41, 5.74) is 1.56. The van der Waals surface area contributed by atoms with E-state index < -0.39 is 0 Å². The zero-order chi connectivity index (χ0) is 14.6. The van der Waals surface area contributed by atoms with E-state index in [9.17, 15) is 0 Å². The topological polar surface area (TPSA) is 0 Å². The van der Waals surface area contributed by atoms with Crippen LogP contribution in [0.15, 0.2) is 24.3 Å². The van der Waals surface area contributed by atoms with Gasteiger partial charge in [0.15, 0.2) is 0 Å². The second-order valence-corrected chi connectivity index (χ2v) is 4.83. The van der Waals surface area contributed by atoms with E-state index >= 15 is 0 Å². The van der Waals surface area contributed by atoms with Crippen LogP contribution in [0.4, 0.5) is 0 Å². The van der Waals surface area contributed by atoms with Crippen molar-refractivity contribution in [2.24, 2.45) is 0 Å². The second kappa shape index (κ2) is 18.5. The first-order valence-corrected chi connectivity index (χ1v) is 5.90. The Morgan fingerprint density at radius 1 is 0.750 bits per heavy atom. The minimum Gasteiger partial charge on any atom is -0.323 e. The van der Waals surface area contributed by atoms with Crippen molar-refractivity contribution in [1.82, 2.24) is 0 Å². The summed E-state index contributed by atoms with van der Waals surface area (Å²) < 4.78 is 0. The quantitative estimate of drug-likeness (QED) is 0.287. The van der Waals surface area contributed by atoms with Crippen molar-refractivity contribution in [2.75, 3.05) is 0 Å². The first-order chi connectivity index (χ1) is 8.34. The summed E-state index contributed by atoms with van der Waals surface area (Å²) in [4.78, 5) is 0. The van der Waals surface area contributed by atoms with Crippen molar-refractivity contribution in [3.8, 4) is 24.7 Å². The Balaban J connectivity index is -0.000000110. The van der Waals surface area contributed by atoms with E-state index in [0.29, 0.717) is 0 Å². The number of rotatable bonds is 0. The minimum atomic E-state index is 0. The Morgan fingerprint density at radius 3 is 1.10 bits per heavy atom. The summed E-state index contributed by atoms with van der Waals surface area (Å²) in [7, 11) is 0. The van der Waals surface area contributed by atoms with Crippen molar-refractivity contribution in [2.45, 2.75) is 41.5 Å². The third-order valence-electron chi connectivity index (χ3n) is 1.24. The molecule has 0 N–H and O–H groups in total. The van der Waals surface area contributed by atoms with Gasteiger partial charge in [-0.05, 0) is 12.1 Å². The van der Waals surface area contributed by atoms with Gasteiger partial charge in [0, 0.05) is 11.1 Å². The summed E-state index contributed by atoms with van der Waals surface area (Å²) in [5.74, 6) is 7.84. The fourth-order valence-electron chi connectivity index (χ4n) is 0.735. The van der Waals surface area contributed by atoms with Crippen LogP contribution in [0.1, 0.15) is 52.7 Å². The van der Waals surface area contributed by atoms with E-state index in [0.717, 1.165) is 11.1 Å². The summed E-state index contributed by atoms with van der Waals surface area (Å²) >= 11 is 0. The van der Waals surface area contributed by atoms with Crippen LogP contribution in [-0.4, -0.2) is 0 Å². The number of hydrogen-bond donors (Lipinski definition) is 0. The average Bonchev–Trinajstić information content (AvgIpc) is 2.27. The van der Waals surface area contributed by atoms with E-state index in [-0.39, 0.29) is 31.0 Å². The van der Waals surface area contributed by atoms with Crippen LogP contribution in [-0.2, 0) is 21.1 Å². The third-order valence-corrected chi connectivity index (χ3v) is 1.24. The molecule has 0 aromatic heterocycles. The summed E-state index contributed by atoms with van der Waals surface area (Å²) in [6.07, 6.45) is 10.4. The van der Waals surface area contributed by atoms with Gasteiger partial charge < -0.3 is 11.8 Å². The van der Waals surface area contributed by atoms with Crippen LogP contribution >= 0.6 is 9.90 Å². The summed E-state index contributed by atoms with van der Waals surface area (Å²) in [6, 6.07) is 7.40. The molecule has 0 heterocycles. The monoisotopic (exact) mass is 469 g/mol. The van der Waals surface area contributed by atoms with E-state index in [4.69, 9.17) is 12.8 Å². The fourth-order valence-corrected chi connectivity index (χ4v) is 0.735. The molecule has 1 rings (SSSR count). The summed E-state index contributed by atoms with van der Waals surface area (Å²) in [6.45, 7) is 12.5. The minimum absolute atomic E-state index is 0. The van der Waals surface area contributed by atoms with Gasteiger partial charge in [-0.25, -0.2) is 0 Å². The molecule has 0 aliphatic carbocycles. The Hall–Kier alpha value is -0.542. The molecule has 0 aliphatic heterocycles. The Labute approximate surface area is 144 Å². The molecular formula is C18H27PPt. The van der Waals surface area contributed by atoms with Gasteiger partial charge in [0.25, 0.3) is 0 Å². The van der Waals surface area contributed by atoms with E-state index in [2.05, 4.69) is 53.4 Å². The van der Waals surface area contributed by atoms with Crippen LogP contribution in [0.3, 0.4) is 0 Å². The number of benzene rings is 1. The van der Waals surface area contributed by atoms with Crippen LogP contribution < -0.4 is 0 Å². The van der Waals surface area contributed by atoms with Crippen LogP contribution in [0, 0.1) is 36.5 Å². The standard InChI is InChI=1S/C10H6.2C4H9.H3P.Pt/c1-3-9-7-5-6-8-10(9)4-2;2*1-4(2)3;;/h1-2,5-8H;2*1-3H3;1H3;/q;2*-1;;+2. The van der Waals surface area contributed by atoms with Gasteiger partial charge in [-0.1, -0.05) is 24.0 Å². The van der Waals surface area contributed by atoms with Crippen LogP contribution in [0.2, 0.25) is 0 Å². The Kier molecular flexibility index (Phi) is 25.6. The first-order valence-electron chi connectivity index (χ1n) is 5.90. The SMILES string of the molecule is C#Cc1ccccc1C#C.C[C-](C)C.C[C-](C)C.P.[Pt+2]. The smallest absolute Gasteiger partial charge is 0.323 e. The van der Waals surface area contributed by atoms with Crippen LogP contribution in [0.25, 0.3) is 0 Å². The molecule has 0 saturated heterocycles. The van der Waals surface area contributed by atoms with E-state index in [1.165, 1.54) is 11.8 Å².